The molecular formula is C52H59BrN6O8S2. The number of thiophene rings is 1. The number of amides is 3. The number of ether oxygens (including phenoxy) is 3. The highest BCUT2D eigenvalue weighted by atomic mass is 79.9. The van der Waals surface area contributed by atoms with Crippen molar-refractivity contribution in [2.24, 2.45) is 5.41 Å². The molecule has 0 aliphatic carbocycles. The number of hydrogen-bond acceptors (Lipinski definition) is 13. The number of phenolic OH excluding ortho intramolecular Hbond substituents is 1. The number of benzene rings is 4. The highest BCUT2D eigenvalue weighted by Gasteiger charge is 2.44. The van der Waals surface area contributed by atoms with Gasteiger partial charge in [0.15, 0.2) is 5.75 Å². The van der Waals surface area contributed by atoms with Gasteiger partial charge >= 0.3 is 0 Å². The number of aryl methyl sites for hydroxylation is 1. The molecule has 4 heterocycles. The lowest BCUT2D eigenvalue weighted by Gasteiger charge is -2.35. The van der Waals surface area contributed by atoms with Gasteiger partial charge in [-0.2, -0.15) is 0 Å². The van der Waals surface area contributed by atoms with Crippen molar-refractivity contribution in [2.45, 2.75) is 58.8 Å². The molecular weight excluding hydrogens is 981 g/mol. The molecule has 364 valence electrons. The van der Waals surface area contributed by atoms with Gasteiger partial charge in [0.25, 0.3) is 0 Å². The number of phenols is 1. The van der Waals surface area contributed by atoms with Gasteiger partial charge in [-0.05, 0) is 83.6 Å². The van der Waals surface area contributed by atoms with E-state index in [2.05, 4.69) is 41.3 Å². The van der Waals surface area contributed by atoms with Crippen LogP contribution in [-0.4, -0.2) is 131 Å². The fourth-order valence-electron chi connectivity index (χ4n) is 8.55. The van der Waals surface area contributed by atoms with Gasteiger partial charge in [0.05, 0.1) is 33.7 Å². The number of thiazole rings is 1. The number of aliphatic hydroxyl groups excluding tert-OH is 1. The van der Waals surface area contributed by atoms with E-state index >= 15 is 0 Å². The van der Waals surface area contributed by atoms with Gasteiger partial charge in [0.2, 0.25) is 17.7 Å². The van der Waals surface area contributed by atoms with E-state index < -0.39 is 35.4 Å². The SMILES string of the molecule is Cc1ncsc1-c1ccc(CNC(=O)[C@@H]2C[C@@H](O)CN2C(=O)[C@@H](NC(=O)COCCN2CCN(CCOc3ccc(Oc4c(-c5ccc(Br)cc5)sc5cc(O)ccc45)cc3)CC2)C(C)(C)C)cc1. The maximum Gasteiger partial charge on any atom is 0.246 e. The Morgan fingerprint density at radius 1 is 0.870 bits per heavy atom. The lowest BCUT2D eigenvalue weighted by atomic mass is 9.85. The zero-order valence-corrected chi connectivity index (χ0v) is 42.5. The third kappa shape index (κ3) is 12.9. The summed E-state index contributed by atoms with van der Waals surface area (Å²) in [5.41, 5.74) is 5.10. The van der Waals surface area contributed by atoms with Crippen LogP contribution in [0.1, 0.15) is 38.4 Å². The number of halogens is 1. The Balaban J connectivity index is 0.734. The van der Waals surface area contributed by atoms with Crippen molar-refractivity contribution in [1.82, 2.24) is 30.3 Å². The summed E-state index contributed by atoms with van der Waals surface area (Å²) in [7, 11) is 0. The molecule has 69 heavy (non-hydrogen) atoms. The van der Waals surface area contributed by atoms with Gasteiger partial charge in [-0.3, -0.25) is 24.2 Å². The van der Waals surface area contributed by atoms with Crippen molar-refractivity contribution >= 4 is 66.4 Å². The van der Waals surface area contributed by atoms with Crippen LogP contribution in [0.5, 0.6) is 23.0 Å². The normalized spacial score (nSPS) is 17.2. The molecule has 2 aliphatic rings. The number of aliphatic hydroxyl groups is 1. The molecule has 4 aromatic carbocycles. The molecule has 2 aromatic heterocycles. The first kappa shape index (κ1) is 50.0. The number of piperazine rings is 1. The van der Waals surface area contributed by atoms with Crippen molar-refractivity contribution in [3.8, 4) is 43.9 Å². The fraction of sp³-hybridized carbons (Fsp3) is 0.385. The average Bonchev–Trinajstić information content (AvgIpc) is 4.05. The first-order valence-corrected chi connectivity index (χ1v) is 25.7. The van der Waals surface area contributed by atoms with Gasteiger partial charge < -0.3 is 40.0 Å². The standard InChI is InChI=1S/C52H59BrN6O8S2/c1-33-47(68-32-55-33)35-7-5-34(6-8-35)29-54-50(63)43-27-39(61)30-59(43)51(64)49(52(2,3)4)56-45(62)31-65-25-23-57-19-21-58(22-20-57)24-26-66-40-14-16-41(17-15-40)67-46-42-18-13-38(60)28-44(42)69-48(46)36-9-11-37(53)12-10-36/h5-18,28,32,39,43,49,60-61H,19-27,29-31H2,1-4H3,(H,54,63)(H,56,62)/t39-,43+,49-/m1/s1. The van der Waals surface area contributed by atoms with Crippen LogP contribution in [0.4, 0.5) is 0 Å². The highest BCUT2D eigenvalue weighted by Crippen LogP contribution is 2.47. The van der Waals surface area contributed by atoms with Crippen LogP contribution in [0.25, 0.3) is 31.0 Å². The summed E-state index contributed by atoms with van der Waals surface area (Å²) >= 11 is 6.68. The molecule has 4 N–H and O–H groups in total. The first-order valence-electron chi connectivity index (χ1n) is 23.2. The van der Waals surface area contributed by atoms with Gasteiger partial charge in [0, 0.05) is 73.3 Å². The Morgan fingerprint density at radius 3 is 2.19 bits per heavy atom. The smallest absolute Gasteiger partial charge is 0.246 e. The third-order valence-electron chi connectivity index (χ3n) is 12.4. The lowest BCUT2D eigenvalue weighted by Crippen LogP contribution is -2.58. The van der Waals surface area contributed by atoms with Crippen molar-refractivity contribution in [2.75, 3.05) is 65.6 Å². The molecule has 3 amide bonds. The number of nitrogens with zero attached hydrogens (tertiary/aromatic N) is 4. The van der Waals surface area contributed by atoms with Gasteiger partial charge in [-0.15, -0.1) is 22.7 Å². The number of β-amino-alcohol motifs (C(OH)–C–C–N with tert-alkyl or cyclic N) is 1. The van der Waals surface area contributed by atoms with Crippen LogP contribution in [0, 0.1) is 12.3 Å². The van der Waals surface area contributed by atoms with E-state index in [1.807, 2.05) is 112 Å². The lowest BCUT2D eigenvalue weighted by molar-refractivity contribution is -0.144. The molecule has 3 atom stereocenters. The maximum absolute atomic E-state index is 14.0. The summed E-state index contributed by atoms with van der Waals surface area (Å²) in [5, 5.41) is 27.5. The van der Waals surface area contributed by atoms with E-state index in [9.17, 15) is 24.6 Å². The number of hydrogen-bond donors (Lipinski definition) is 4. The summed E-state index contributed by atoms with van der Waals surface area (Å²) in [4.78, 5) is 53.2. The summed E-state index contributed by atoms with van der Waals surface area (Å²) in [6, 6.07) is 27.2. The Labute approximate surface area is 419 Å². The topological polar surface area (TPSA) is 166 Å². The molecule has 2 aliphatic heterocycles. The van der Waals surface area contributed by atoms with E-state index in [1.54, 1.807) is 34.8 Å². The van der Waals surface area contributed by atoms with E-state index in [-0.39, 0.29) is 37.8 Å². The van der Waals surface area contributed by atoms with E-state index in [0.29, 0.717) is 25.5 Å². The second-order valence-corrected chi connectivity index (χ2v) is 21.4. The molecule has 2 saturated heterocycles. The Hall–Kier alpha value is -5.40. The number of carbonyl (C=O) groups is 3. The summed E-state index contributed by atoms with van der Waals surface area (Å²) in [6.07, 6.45) is -0.745. The molecule has 17 heteroatoms. The number of aromatic hydroxyl groups is 1. The molecule has 0 unspecified atom stereocenters. The molecule has 2 fully saturated rings. The highest BCUT2D eigenvalue weighted by molar-refractivity contribution is 9.10. The molecule has 14 nitrogen and oxygen atoms in total. The van der Waals surface area contributed by atoms with Crippen LogP contribution in [-0.2, 0) is 25.7 Å². The molecule has 0 saturated carbocycles. The van der Waals surface area contributed by atoms with Crippen LogP contribution in [0.2, 0.25) is 0 Å². The van der Waals surface area contributed by atoms with Crippen LogP contribution in [0.15, 0.2) is 101 Å². The summed E-state index contributed by atoms with van der Waals surface area (Å²) < 4.78 is 20.3. The van der Waals surface area contributed by atoms with Crippen molar-refractivity contribution < 1.29 is 38.8 Å². The fourth-order valence-corrected chi connectivity index (χ4v) is 10.8. The minimum atomic E-state index is -0.936. The number of aromatic nitrogens is 1. The maximum atomic E-state index is 14.0. The number of fused-ring (bicyclic) bond motifs is 1. The van der Waals surface area contributed by atoms with Gasteiger partial charge in [-0.1, -0.05) is 73.1 Å². The zero-order valence-electron chi connectivity index (χ0n) is 39.3. The number of rotatable bonds is 18. The van der Waals surface area contributed by atoms with E-state index in [1.165, 1.54) is 4.90 Å². The van der Waals surface area contributed by atoms with E-state index in [4.69, 9.17) is 14.2 Å². The Bertz CT molecular complexity index is 2700. The average molecular weight is 1040 g/mol. The summed E-state index contributed by atoms with van der Waals surface area (Å²) in [6.45, 7) is 13.4. The largest absolute Gasteiger partial charge is 0.508 e. The van der Waals surface area contributed by atoms with E-state index in [0.717, 1.165) is 90.9 Å². The van der Waals surface area contributed by atoms with Gasteiger partial charge in [0.1, 0.15) is 42.5 Å². The van der Waals surface area contributed by atoms with Crippen LogP contribution < -0.4 is 20.1 Å². The Kier molecular flexibility index (Phi) is 16.4. The molecule has 0 radical (unpaired) electrons. The summed E-state index contributed by atoms with van der Waals surface area (Å²) in [5.74, 6) is 1.21. The predicted octanol–water partition coefficient (Wildman–Crippen LogP) is 8.08. The number of carbonyl (C=O) groups excluding carboxylic acids is 3. The van der Waals surface area contributed by atoms with Gasteiger partial charge in [-0.25, -0.2) is 4.98 Å². The van der Waals surface area contributed by atoms with Crippen molar-refractivity contribution in [1.29, 1.82) is 0 Å². The minimum absolute atomic E-state index is 0.00179. The van der Waals surface area contributed by atoms with Crippen molar-refractivity contribution in [3.63, 3.8) is 0 Å². The molecule has 0 spiro atoms. The minimum Gasteiger partial charge on any atom is -0.508 e. The number of likely N-dealkylation sites (tertiary alicyclic amines) is 1. The third-order valence-corrected chi connectivity index (χ3v) is 15.1. The number of nitrogens with one attached hydrogen (secondary N) is 2. The van der Waals surface area contributed by atoms with Crippen molar-refractivity contribution in [3.05, 3.63) is 112 Å². The molecule has 8 rings (SSSR count). The molecule has 0 bridgehead atoms. The molecule has 6 aromatic rings. The Morgan fingerprint density at radius 2 is 1.52 bits per heavy atom. The van der Waals surface area contributed by atoms with Crippen LogP contribution in [0.3, 0.4) is 0 Å². The second-order valence-electron chi connectivity index (χ2n) is 18.5. The quantitative estimate of drug-likeness (QED) is 0.0615. The predicted molar refractivity (Wildman–Crippen MR) is 274 cm³/mol. The first-order chi connectivity index (χ1) is 33.2. The monoisotopic (exact) mass is 1040 g/mol. The second kappa shape index (κ2) is 22.6. The van der Waals surface area contributed by atoms with Crippen LogP contribution >= 0.6 is 38.6 Å². The zero-order chi connectivity index (χ0) is 48.7.